The third kappa shape index (κ3) is 3.29. The fraction of sp³-hybridized carbons (Fsp3) is 0.467. The van der Waals surface area contributed by atoms with Gasteiger partial charge in [0.1, 0.15) is 5.75 Å². The van der Waals surface area contributed by atoms with Gasteiger partial charge in [-0.3, -0.25) is 4.79 Å². The molecule has 1 aliphatic rings. The first-order chi connectivity index (χ1) is 9.52. The highest BCUT2D eigenvalue weighted by Crippen LogP contribution is 2.26. The SMILES string of the molecule is CC(=NO)c1cc(C)ccc1OCC(=O)N(C)C1CC1. The summed E-state index contributed by atoms with van der Waals surface area (Å²) in [6, 6.07) is 5.95. The van der Waals surface area contributed by atoms with E-state index in [1.165, 1.54) is 0 Å². The number of nitrogens with zero attached hydrogens (tertiary/aromatic N) is 2. The summed E-state index contributed by atoms with van der Waals surface area (Å²) >= 11 is 0. The van der Waals surface area contributed by atoms with E-state index >= 15 is 0 Å². The number of benzene rings is 1. The minimum Gasteiger partial charge on any atom is -0.483 e. The number of hydrogen-bond acceptors (Lipinski definition) is 4. The van der Waals surface area contributed by atoms with Gasteiger partial charge in [-0.1, -0.05) is 16.8 Å². The molecule has 1 saturated carbocycles. The molecule has 20 heavy (non-hydrogen) atoms. The number of hydrogen-bond donors (Lipinski definition) is 1. The zero-order chi connectivity index (χ0) is 14.7. The Kier molecular flexibility index (Phi) is 4.27. The van der Waals surface area contributed by atoms with Gasteiger partial charge >= 0.3 is 0 Å². The predicted molar refractivity (Wildman–Crippen MR) is 76.5 cm³/mol. The summed E-state index contributed by atoms with van der Waals surface area (Å²) < 4.78 is 5.59. The molecule has 0 atom stereocenters. The quantitative estimate of drug-likeness (QED) is 0.509. The van der Waals surface area contributed by atoms with E-state index in [2.05, 4.69) is 5.16 Å². The second-order valence-electron chi connectivity index (χ2n) is 5.21. The average Bonchev–Trinajstić information content (AvgIpc) is 3.28. The second kappa shape index (κ2) is 5.94. The minimum absolute atomic E-state index is 0.00176. The molecule has 2 rings (SSSR count). The standard InChI is InChI=1S/C15H20N2O3/c1-10-4-7-14(13(8-10)11(2)16-19)20-9-15(18)17(3)12-5-6-12/h4,7-8,12,19H,5-6,9H2,1-3H3. The van der Waals surface area contributed by atoms with Crippen molar-refractivity contribution in [2.24, 2.45) is 5.16 Å². The molecule has 1 amide bonds. The molecule has 0 saturated heterocycles. The van der Waals surface area contributed by atoms with Crippen LogP contribution in [0.25, 0.3) is 0 Å². The summed E-state index contributed by atoms with van der Waals surface area (Å²) in [6.07, 6.45) is 2.16. The van der Waals surface area contributed by atoms with Crippen molar-refractivity contribution in [2.75, 3.05) is 13.7 Å². The number of oxime groups is 1. The molecule has 0 unspecified atom stereocenters. The molecule has 0 heterocycles. The van der Waals surface area contributed by atoms with Crippen LogP contribution in [0.1, 0.15) is 30.9 Å². The van der Waals surface area contributed by atoms with E-state index in [0.717, 1.165) is 18.4 Å². The Balaban J connectivity index is 2.07. The molecule has 5 heteroatoms. The summed E-state index contributed by atoms with van der Waals surface area (Å²) in [5, 5.41) is 12.1. The van der Waals surface area contributed by atoms with Gasteiger partial charge in [0.25, 0.3) is 5.91 Å². The van der Waals surface area contributed by atoms with E-state index in [1.807, 2.05) is 19.1 Å². The van der Waals surface area contributed by atoms with Crippen molar-refractivity contribution in [1.82, 2.24) is 4.90 Å². The first-order valence-electron chi connectivity index (χ1n) is 6.71. The van der Waals surface area contributed by atoms with E-state index in [1.54, 1.807) is 24.9 Å². The normalized spacial score (nSPS) is 15.1. The van der Waals surface area contributed by atoms with Crippen LogP contribution in [0.4, 0.5) is 0 Å². The van der Waals surface area contributed by atoms with Crippen molar-refractivity contribution in [1.29, 1.82) is 0 Å². The van der Waals surface area contributed by atoms with Gasteiger partial charge in [0, 0.05) is 18.7 Å². The van der Waals surface area contributed by atoms with Gasteiger partial charge < -0.3 is 14.8 Å². The Morgan fingerprint density at radius 3 is 2.80 bits per heavy atom. The fourth-order valence-corrected chi connectivity index (χ4v) is 2.01. The number of likely N-dealkylation sites (N-methyl/N-ethyl adjacent to an activating group) is 1. The fourth-order valence-electron chi connectivity index (χ4n) is 2.01. The lowest BCUT2D eigenvalue weighted by Gasteiger charge is -2.17. The number of aryl methyl sites for hydroxylation is 1. The van der Waals surface area contributed by atoms with Crippen LogP contribution in [0.2, 0.25) is 0 Å². The molecule has 0 aromatic heterocycles. The van der Waals surface area contributed by atoms with E-state index in [9.17, 15) is 4.79 Å². The second-order valence-corrected chi connectivity index (χ2v) is 5.21. The van der Waals surface area contributed by atoms with Crippen LogP contribution in [0, 0.1) is 6.92 Å². The molecule has 0 bridgehead atoms. The summed E-state index contributed by atoms with van der Waals surface area (Å²) in [7, 11) is 1.81. The third-order valence-corrected chi connectivity index (χ3v) is 3.51. The lowest BCUT2D eigenvalue weighted by molar-refractivity contribution is -0.132. The highest BCUT2D eigenvalue weighted by molar-refractivity contribution is 6.01. The number of carbonyl (C=O) groups excluding carboxylic acids is 1. The lowest BCUT2D eigenvalue weighted by Crippen LogP contribution is -2.33. The molecule has 108 valence electrons. The molecule has 1 N–H and O–H groups in total. The molecule has 5 nitrogen and oxygen atoms in total. The van der Waals surface area contributed by atoms with Gasteiger partial charge in [-0.2, -0.15) is 0 Å². The van der Waals surface area contributed by atoms with Gasteiger partial charge in [-0.05, 0) is 38.8 Å². The Hall–Kier alpha value is -2.04. The van der Waals surface area contributed by atoms with Crippen molar-refractivity contribution in [3.8, 4) is 5.75 Å². The first-order valence-corrected chi connectivity index (χ1v) is 6.71. The van der Waals surface area contributed by atoms with Crippen molar-refractivity contribution in [2.45, 2.75) is 32.7 Å². The largest absolute Gasteiger partial charge is 0.483 e. The van der Waals surface area contributed by atoms with E-state index in [-0.39, 0.29) is 12.5 Å². The van der Waals surface area contributed by atoms with Crippen molar-refractivity contribution >= 4 is 11.6 Å². The minimum atomic E-state index is -0.0300. The number of ether oxygens (including phenoxy) is 1. The maximum atomic E-state index is 11.9. The van der Waals surface area contributed by atoms with Crippen LogP contribution in [0.5, 0.6) is 5.75 Å². The van der Waals surface area contributed by atoms with E-state index in [0.29, 0.717) is 23.1 Å². The maximum absolute atomic E-state index is 11.9. The highest BCUT2D eigenvalue weighted by atomic mass is 16.5. The summed E-state index contributed by atoms with van der Waals surface area (Å²) in [6.45, 7) is 3.64. The summed E-state index contributed by atoms with van der Waals surface area (Å²) in [5.74, 6) is 0.529. The molecule has 1 aliphatic carbocycles. The molecule has 0 radical (unpaired) electrons. The Morgan fingerprint density at radius 1 is 1.50 bits per heavy atom. The Bertz CT molecular complexity index is 536. The summed E-state index contributed by atoms with van der Waals surface area (Å²) in [4.78, 5) is 13.7. The van der Waals surface area contributed by atoms with E-state index in [4.69, 9.17) is 9.94 Å². The number of amides is 1. The summed E-state index contributed by atoms with van der Waals surface area (Å²) in [5.41, 5.74) is 2.21. The highest BCUT2D eigenvalue weighted by Gasteiger charge is 2.29. The molecule has 1 aromatic rings. The van der Waals surface area contributed by atoms with Crippen molar-refractivity contribution < 1.29 is 14.7 Å². The molecular formula is C15H20N2O3. The van der Waals surface area contributed by atoms with Gasteiger partial charge in [0.2, 0.25) is 0 Å². The number of rotatable bonds is 5. The van der Waals surface area contributed by atoms with Crippen LogP contribution >= 0.6 is 0 Å². The molecular weight excluding hydrogens is 256 g/mol. The van der Waals surface area contributed by atoms with Crippen LogP contribution < -0.4 is 4.74 Å². The molecule has 0 spiro atoms. The first kappa shape index (κ1) is 14.4. The molecule has 1 aromatic carbocycles. The topological polar surface area (TPSA) is 62.1 Å². The third-order valence-electron chi connectivity index (χ3n) is 3.51. The van der Waals surface area contributed by atoms with Gasteiger partial charge in [-0.15, -0.1) is 0 Å². The maximum Gasteiger partial charge on any atom is 0.260 e. The average molecular weight is 276 g/mol. The van der Waals surface area contributed by atoms with Crippen LogP contribution in [0.3, 0.4) is 0 Å². The zero-order valence-corrected chi connectivity index (χ0v) is 12.1. The van der Waals surface area contributed by atoms with Gasteiger partial charge in [0.05, 0.1) is 5.71 Å². The zero-order valence-electron chi connectivity index (χ0n) is 12.1. The lowest BCUT2D eigenvalue weighted by atomic mass is 10.1. The van der Waals surface area contributed by atoms with Crippen molar-refractivity contribution in [3.05, 3.63) is 29.3 Å². The van der Waals surface area contributed by atoms with Crippen LogP contribution in [-0.4, -0.2) is 41.4 Å². The van der Waals surface area contributed by atoms with Crippen LogP contribution in [-0.2, 0) is 4.79 Å². The number of carbonyl (C=O) groups is 1. The molecule has 1 fully saturated rings. The van der Waals surface area contributed by atoms with E-state index < -0.39 is 0 Å². The smallest absolute Gasteiger partial charge is 0.260 e. The van der Waals surface area contributed by atoms with Gasteiger partial charge in [0.15, 0.2) is 6.61 Å². The predicted octanol–water partition coefficient (Wildman–Crippen LogP) is 2.19. The Morgan fingerprint density at radius 2 is 2.20 bits per heavy atom. The van der Waals surface area contributed by atoms with Crippen molar-refractivity contribution in [3.63, 3.8) is 0 Å². The van der Waals surface area contributed by atoms with Gasteiger partial charge in [-0.25, -0.2) is 0 Å². The monoisotopic (exact) mass is 276 g/mol. The molecule has 0 aliphatic heterocycles. The van der Waals surface area contributed by atoms with Crippen LogP contribution in [0.15, 0.2) is 23.4 Å². The Labute approximate surface area is 118 Å².